The minimum atomic E-state index is 0.263. The quantitative estimate of drug-likeness (QED) is 0.925. The molecule has 1 N–H and O–H groups in total. The van der Waals surface area contributed by atoms with E-state index in [0.29, 0.717) is 18.8 Å². The Kier molecular flexibility index (Phi) is 3.33. The Hall–Kier alpha value is -2.43. The van der Waals surface area contributed by atoms with E-state index in [-0.39, 0.29) is 5.78 Å². The monoisotopic (exact) mass is 268 g/mol. The molecule has 1 aliphatic heterocycles. The van der Waals surface area contributed by atoms with Gasteiger partial charge >= 0.3 is 0 Å². The van der Waals surface area contributed by atoms with Gasteiger partial charge in [0.2, 0.25) is 0 Å². The van der Waals surface area contributed by atoms with Crippen LogP contribution in [0.15, 0.2) is 36.4 Å². The molecule has 0 unspecified atom stereocenters. The molecule has 3 rings (SSSR count). The summed E-state index contributed by atoms with van der Waals surface area (Å²) in [5.74, 6) is 2.51. The smallest absolute Gasteiger partial charge is 0.153 e. The van der Waals surface area contributed by atoms with Crippen LogP contribution >= 0.6 is 0 Å². The standard InChI is InChI=1S/C15H16N4O/c1-11-16-14(18-12-5-3-2-4-6-12)9-15(17-11)19-8-7-13(20)10-19/h2-6,9H,7-8,10H2,1H3,(H,16,17,18). The number of hydrogen-bond acceptors (Lipinski definition) is 5. The average molecular weight is 268 g/mol. The maximum absolute atomic E-state index is 11.4. The lowest BCUT2D eigenvalue weighted by Gasteiger charge is -2.17. The van der Waals surface area contributed by atoms with Crippen LogP contribution in [0.25, 0.3) is 0 Å². The summed E-state index contributed by atoms with van der Waals surface area (Å²) in [4.78, 5) is 22.2. The molecule has 0 radical (unpaired) electrons. The summed E-state index contributed by atoms with van der Waals surface area (Å²) in [5, 5.41) is 3.26. The third-order valence-corrected chi connectivity index (χ3v) is 3.22. The van der Waals surface area contributed by atoms with Crippen molar-refractivity contribution in [3.8, 4) is 0 Å². The highest BCUT2D eigenvalue weighted by molar-refractivity contribution is 5.86. The summed E-state index contributed by atoms with van der Waals surface area (Å²) < 4.78 is 0. The predicted octanol–water partition coefficient (Wildman–Crippen LogP) is 2.31. The SMILES string of the molecule is Cc1nc(Nc2ccccc2)cc(N2CCC(=O)C2)n1. The number of rotatable bonds is 3. The molecule has 2 aromatic rings. The first kappa shape index (κ1) is 12.6. The molecule has 0 amide bonds. The van der Waals surface area contributed by atoms with E-state index in [1.165, 1.54) is 0 Å². The molecule has 102 valence electrons. The number of ketones is 1. The number of aryl methyl sites for hydroxylation is 1. The zero-order valence-electron chi connectivity index (χ0n) is 11.3. The summed E-state index contributed by atoms with van der Waals surface area (Å²) in [6, 6.07) is 11.8. The normalized spacial score (nSPS) is 14.7. The van der Waals surface area contributed by atoms with Gasteiger partial charge in [0.15, 0.2) is 5.78 Å². The molecule has 0 aliphatic carbocycles. The molecule has 1 aliphatic rings. The number of anilines is 3. The molecule has 2 heterocycles. The van der Waals surface area contributed by atoms with Crippen LogP contribution in [0.2, 0.25) is 0 Å². The van der Waals surface area contributed by atoms with Crippen molar-refractivity contribution in [2.75, 3.05) is 23.3 Å². The van der Waals surface area contributed by atoms with Gasteiger partial charge < -0.3 is 10.2 Å². The van der Waals surface area contributed by atoms with Crippen LogP contribution in [0.1, 0.15) is 12.2 Å². The molecule has 20 heavy (non-hydrogen) atoms. The van der Waals surface area contributed by atoms with Gasteiger partial charge in [-0.25, -0.2) is 9.97 Å². The van der Waals surface area contributed by atoms with E-state index in [4.69, 9.17) is 0 Å². The molecule has 0 saturated carbocycles. The van der Waals surface area contributed by atoms with Crippen LogP contribution in [0.3, 0.4) is 0 Å². The zero-order chi connectivity index (χ0) is 13.9. The highest BCUT2D eigenvalue weighted by atomic mass is 16.1. The van der Waals surface area contributed by atoms with E-state index < -0.39 is 0 Å². The molecular weight excluding hydrogens is 252 g/mol. The van der Waals surface area contributed by atoms with Crippen LogP contribution in [-0.2, 0) is 4.79 Å². The molecular formula is C15H16N4O. The minimum Gasteiger partial charge on any atom is -0.349 e. The number of Topliss-reactive ketones (excluding diaryl/α,β-unsaturated/α-hetero) is 1. The summed E-state index contributed by atoms with van der Waals surface area (Å²) in [6.07, 6.45) is 0.602. The maximum atomic E-state index is 11.4. The van der Waals surface area contributed by atoms with Gasteiger partial charge in [-0.2, -0.15) is 0 Å². The molecule has 5 heteroatoms. The minimum absolute atomic E-state index is 0.263. The van der Waals surface area contributed by atoms with E-state index in [1.54, 1.807) is 0 Å². The van der Waals surface area contributed by atoms with Gasteiger partial charge in [0.05, 0.1) is 6.54 Å². The van der Waals surface area contributed by atoms with E-state index in [1.807, 2.05) is 48.2 Å². The third kappa shape index (κ3) is 2.77. The lowest BCUT2D eigenvalue weighted by Crippen LogP contribution is -2.21. The summed E-state index contributed by atoms with van der Waals surface area (Å²) >= 11 is 0. The first-order valence-electron chi connectivity index (χ1n) is 6.65. The lowest BCUT2D eigenvalue weighted by molar-refractivity contribution is -0.116. The number of hydrogen-bond donors (Lipinski definition) is 1. The molecule has 1 saturated heterocycles. The van der Waals surface area contributed by atoms with E-state index in [2.05, 4.69) is 15.3 Å². The van der Waals surface area contributed by atoms with E-state index in [0.717, 1.165) is 23.9 Å². The fourth-order valence-corrected chi connectivity index (χ4v) is 2.27. The van der Waals surface area contributed by atoms with Crippen LogP contribution in [0.5, 0.6) is 0 Å². The number of nitrogens with one attached hydrogen (secondary N) is 1. The van der Waals surface area contributed by atoms with Crippen molar-refractivity contribution < 1.29 is 4.79 Å². The summed E-state index contributed by atoms with van der Waals surface area (Å²) in [6.45, 7) is 3.04. The Morgan fingerprint density at radius 2 is 2.00 bits per heavy atom. The number of carbonyl (C=O) groups is 1. The van der Waals surface area contributed by atoms with Crippen molar-refractivity contribution in [2.24, 2.45) is 0 Å². The fourth-order valence-electron chi connectivity index (χ4n) is 2.27. The number of para-hydroxylation sites is 1. The summed E-state index contributed by atoms with van der Waals surface area (Å²) in [5.41, 5.74) is 0.981. The molecule has 5 nitrogen and oxygen atoms in total. The van der Waals surface area contributed by atoms with Gasteiger partial charge in [0.1, 0.15) is 17.5 Å². The Bertz CT molecular complexity index is 627. The lowest BCUT2D eigenvalue weighted by atomic mass is 10.3. The maximum Gasteiger partial charge on any atom is 0.153 e. The van der Waals surface area contributed by atoms with E-state index in [9.17, 15) is 4.79 Å². The second-order valence-electron chi connectivity index (χ2n) is 4.86. The molecule has 0 atom stereocenters. The van der Waals surface area contributed by atoms with Gasteiger partial charge in [-0.05, 0) is 19.1 Å². The van der Waals surface area contributed by atoms with E-state index >= 15 is 0 Å². The number of benzene rings is 1. The molecule has 0 bridgehead atoms. The second kappa shape index (κ2) is 5.28. The van der Waals surface area contributed by atoms with Gasteiger partial charge in [0, 0.05) is 24.7 Å². The highest BCUT2D eigenvalue weighted by Gasteiger charge is 2.21. The number of nitrogens with zero attached hydrogens (tertiary/aromatic N) is 3. The number of aromatic nitrogens is 2. The van der Waals surface area contributed by atoms with Gasteiger partial charge in [0.25, 0.3) is 0 Å². The van der Waals surface area contributed by atoms with Gasteiger partial charge in [-0.3, -0.25) is 4.79 Å². The average Bonchev–Trinajstić information content (AvgIpc) is 2.86. The molecule has 1 aromatic carbocycles. The Morgan fingerprint density at radius 1 is 1.20 bits per heavy atom. The van der Waals surface area contributed by atoms with Crippen molar-refractivity contribution in [1.29, 1.82) is 0 Å². The Labute approximate surface area is 117 Å². The van der Waals surface area contributed by atoms with Crippen molar-refractivity contribution in [3.63, 3.8) is 0 Å². The highest BCUT2D eigenvalue weighted by Crippen LogP contribution is 2.21. The summed E-state index contributed by atoms with van der Waals surface area (Å²) in [7, 11) is 0. The van der Waals surface area contributed by atoms with Gasteiger partial charge in [-0.1, -0.05) is 18.2 Å². The topological polar surface area (TPSA) is 58.1 Å². The van der Waals surface area contributed by atoms with Crippen LogP contribution in [0, 0.1) is 6.92 Å². The second-order valence-corrected chi connectivity index (χ2v) is 4.86. The largest absolute Gasteiger partial charge is 0.349 e. The third-order valence-electron chi connectivity index (χ3n) is 3.22. The van der Waals surface area contributed by atoms with Gasteiger partial charge in [-0.15, -0.1) is 0 Å². The fraction of sp³-hybridized carbons (Fsp3) is 0.267. The zero-order valence-corrected chi connectivity index (χ0v) is 11.3. The molecule has 1 fully saturated rings. The Morgan fingerprint density at radius 3 is 2.70 bits per heavy atom. The van der Waals surface area contributed by atoms with Crippen molar-refractivity contribution in [1.82, 2.24) is 9.97 Å². The Balaban J connectivity index is 1.85. The van der Waals surface area contributed by atoms with Crippen LogP contribution in [-0.4, -0.2) is 28.8 Å². The van der Waals surface area contributed by atoms with Crippen LogP contribution in [0.4, 0.5) is 17.3 Å². The van der Waals surface area contributed by atoms with Crippen molar-refractivity contribution >= 4 is 23.1 Å². The van der Waals surface area contributed by atoms with Crippen LogP contribution < -0.4 is 10.2 Å². The molecule has 1 aromatic heterocycles. The van der Waals surface area contributed by atoms with Crippen molar-refractivity contribution in [3.05, 3.63) is 42.2 Å². The first-order valence-corrected chi connectivity index (χ1v) is 6.65. The molecule has 0 spiro atoms. The first-order chi connectivity index (χ1) is 9.70. The van der Waals surface area contributed by atoms with Crippen molar-refractivity contribution in [2.45, 2.75) is 13.3 Å². The number of carbonyl (C=O) groups excluding carboxylic acids is 1. The predicted molar refractivity (Wildman–Crippen MR) is 78.3 cm³/mol.